The van der Waals surface area contributed by atoms with E-state index >= 15 is 0 Å². The van der Waals surface area contributed by atoms with Crippen molar-refractivity contribution < 1.29 is 28.9 Å². The molecule has 0 saturated carbocycles. The summed E-state index contributed by atoms with van der Waals surface area (Å²) in [7, 11) is 1.54. The molecule has 0 aliphatic carbocycles. The van der Waals surface area contributed by atoms with Crippen LogP contribution < -0.4 is 21.1 Å². The van der Waals surface area contributed by atoms with E-state index in [9.17, 15) is 9.59 Å². The topological polar surface area (TPSA) is 132 Å². The van der Waals surface area contributed by atoms with Crippen LogP contribution in [0.4, 0.5) is 21.9 Å². The molecule has 3 rings (SSSR count). The summed E-state index contributed by atoms with van der Waals surface area (Å²) >= 11 is 1.61. The summed E-state index contributed by atoms with van der Waals surface area (Å²) < 4.78 is 17.2. The third-order valence-corrected chi connectivity index (χ3v) is 6.61. The fourth-order valence-electron chi connectivity index (χ4n) is 3.87. The zero-order valence-corrected chi connectivity index (χ0v) is 23.4. The number of thioether (sulfide) groups is 1. The van der Waals surface area contributed by atoms with E-state index in [0.29, 0.717) is 41.2 Å². The molecule has 40 heavy (non-hydrogen) atoms. The van der Waals surface area contributed by atoms with Crippen LogP contribution >= 0.6 is 11.8 Å². The number of aliphatic hydroxyl groups excluding tert-OH is 1. The molecule has 3 aromatic rings. The zero-order valence-electron chi connectivity index (χ0n) is 22.5. The Labute approximate surface area is 238 Å². The van der Waals surface area contributed by atoms with E-state index in [1.165, 1.54) is 6.08 Å². The second kappa shape index (κ2) is 16.2. The highest BCUT2D eigenvalue weighted by atomic mass is 32.2. The largest absolute Gasteiger partial charge is 0.491 e. The van der Waals surface area contributed by atoms with Gasteiger partial charge in [0.25, 0.3) is 0 Å². The lowest BCUT2D eigenvalue weighted by Crippen LogP contribution is -2.28. The van der Waals surface area contributed by atoms with E-state index in [2.05, 4.69) is 10.6 Å². The maximum Gasteiger partial charge on any atom is 0.412 e. The van der Waals surface area contributed by atoms with E-state index in [1.807, 2.05) is 24.5 Å². The van der Waals surface area contributed by atoms with Crippen molar-refractivity contribution >= 4 is 40.8 Å². The number of benzene rings is 3. The molecule has 2 atom stereocenters. The fourth-order valence-corrected chi connectivity index (χ4v) is 4.28. The van der Waals surface area contributed by atoms with Gasteiger partial charge < -0.3 is 30.4 Å². The first kappa shape index (κ1) is 30.6. The van der Waals surface area contributed by atoms with Gasteiger partial charge in [0, 0.05) is 17.7 Å². The van der Waals surface area contributed by atoms with Gasteiger partial charge in [0.1, 0.15) is 12.4 Å². The Balaban J connectivity index is 1.70. The smallest absolute Gasteiger partial charge is 0.412 e. The number of hydrogen-bond donors (Lipinski definition) is 4. The Hall–Kier alpha value is -3.99. The quantitative estimate of drug-likeness (QED) is 0.112. The number of aliphatic hydroxyl groups is 1. The first-order valence-corrected chi connectivity index (χ1v) is 14.0. The maximum atomic E-state index is 12.9. The molecule has 0 spiro atoms. The number of nitrogens with two attached hydrogens (primary N) is 1. The molecule has 3 aromatic carbocycles. The molecule has 10 heteroatoms. The lowest BCUT2D eigenvalue weighted by Gasteiger charge is -2.26. The average Bonchev–Trinajstić information content (AvgIpc) is 2.97. The minimum Gasteiger partial charge on any atom is -0.491 e. The van der Waals surface area contributed by atoms with Gasteiger partial charge in [-0.15, -0.1) is 11.8 Å². The maximum absolute atomic E-state index is 12.9. The SMILES string of the molecule is CO[C@@H](CC/C=C/C(=O)Nc1ccccc1N)[C@@H](OC(=O)Nc1ccc(SC)cc1)c1cccc(OCCO)c1. The van der Waals surface area contributed by atoms with Crippen LogP contribution in [0.5, 0.6) is 5.75 Å². The molecule has 0 saturated heterocycles. The van der Waals surface area contributed by atoms with Gasteiger partial charge in [-0.25, -0.2) is 4.79 Å². The van der Waals surface area contributed by atoms with Gasteiger partial charge in [0.2, 0.25) is 5.91 Å². The number of nitrogens with one attached hydrogen (secondary N) is 2. The third kappa shape index (κ3) is 9.64. The Morgan fingerprint density at radius 1 is 1.05 bits per heavy atom. The lowest BCUT2D eigenvalue weighted by molar-refractivity contribution is -0.111. The van der Waals surface area contributed by atoms with Crippen LogP contribution in [0.15, 0.2) is 89.8 Å². The van der Waals surface area contributed by atoms with Crippen molar-refractivity contribution in [3.05, 3.63) is 90.5 Å². The normalized spacial score (nSPS) is 12.5. The molecule has 0 fully saturated rings. The standard InChI is InChI=1S/C30H35N3O6S/c1-37-27(12-5-6-13-28(35)33-26-11-4-3-10-25(26)31)29(21-8-7-9-23(20-21)38-19-18-34)39-30(36)32-22-14-16-24(40-2)17-15-22/h3-4,6-11,13-17,20,27,29,34H,5,12,18-19,31H2,1-2H3,(H,32,36)(H,33,35)/b13-6+/t27-,29-/m0/s1. The van der Waals surface area contributed by atoms with Gasteiger partial charge in [-0.1, -0.05) is 30.3 Å². The Morgan fingerprint density at radius 2 is 1.82 bits per heavy atom. The summed E-state index contributed by atoms with van der Waals surface area (Å²) in [6.07, 6.45) is 4.13. The number of rotatable bonds is 14. The van der Waals surface area contributed by atoms with Gasteiger partial charge in [-0.2, -0.15) is 0 Å². The molecule has 0 unspecified atom stereocenters. The number of anilines is 3. The minimum absolute atomic E-state index is 0.126. The summed E-state index contributed by atoms with van der Waals surface area (Å²) in [6.45, 7) is 0.00998. The van der Waals surface area contributed by atoms with Crippen molar-refractivity contribution in [1.29, 1.82) is 0 Å². The van der Waals surface area contributed by atoms with Crippen LogP contribution in [0.2, 0.25) is 0 Å². The number of carbonyl (C=O) groups is 2. The van der Waals surface area contributed by atoms with E-state index in [-0.39, 0.29) is 19.1 Å². The molecule has 0 radical (unpaired) electrons. The van der Waals surface area contributed by atoms with Gasteiger partial charge in [0.05, 0.1) is 24.1 Å². The summed E-state index contributed by atoms with van der Waals surface area (Å²) in [5.74, 6) is 0.222. The van der Waals surface area contributed by atoms with E-state index in [0.717, 1.165) is 4.90 Å². The van der Waals surface area contributed by atoms with Crippen molar-refractivity contribution in [2.75, 3.05) is 42.9 Å². The number of methoxy groups -OCH3 is 1. The number of para-hydroxylation sites is 2. The first-order valence-electron chi connectivity index (χ1n) is 12.7. The van der Waals surface area contributed by atoms with Gasteiger partial charge >= 0.3 is 6.09 Å². The van der Waals surface area contributed by atoms with Crippen LogP contribution in [0, 0.1) is 0 Å². The second-order valence-electron chi connectivity index (χ2n) is 8.65. The Morgan fingerprint density at radius 3 is 2.52 bits per heavy atom. The van der Waals surface area contributed by atoms with E-state index < -0.39 is 18.3 Å². The molecule has 0 aromatic heterocycles. The number of hydrogen-bond acceptors (Lipinski definition) is 8. The van der Waals surface area contributed by atoms with Crippen LogP contribution in [0.3, 0.4) is 0 Å². The summed E-state index contributed by atoms with van der Waals surface area (Å²) in [4.78, 5) is 26.3. The molecule has 0 heterocycles. The molecule has 0 aliphatic rings. The number of carbonyl (C=O) groups excluding carboxylic acids is 2. The summed E-state index contributed by atoms with van der Waals surface area (Å²) in [5, 5.41) is 14.6. The predicted molar refractivity (Wildman–Crippen MR) is 159 cm³/mol. The molecule has 2 amide bonds. The predicted octanol–water partition coefficient (Wildman–Crippen LogP) is 5.64. The molecule has 9 nitrogen and oxygen atoms in total. The van der Waals surface area contributed by atoms with Crippen molar-refractivity contribution in [3.8, 4) is 5.75 Å². The van der Waals surface area contributed by atoms with Gasteiger partial charge in [0.15, 0.2) is 6.10 Å². The second-order valence-corrected chi connectivity index (χ2v) is 9.53. The van der Waals surface area contributed by atoms with Crippen molar-refractivity contribution in [2.45, 2.75) is 29.9 Å². The number of allylic oxidation sites excluding steroid dienone is 1. The van der Waals surface area contributed by atoms with Gasteiger partial charge in [-0.05, 0) is 79.3 Å². The van der Waals surface area contributed by atoms with Crippen LogP contribution in [0.25, 0.3) is 0 Å². The zero-order chi connectivity index (χ0) is 28.7. The third-order valence-electron chi connectivity index (χ3n) is 5.86. The van der Waals surface area contributed by atoms with Crippen molar-refractivity contribution in [3.63, 3.8) is 0 Å². The van der Waals surface area contributed by atoms with Crippen LogP contribution in [-0.2, 0) is 14.3 Å². The molecule has 0 aliphatic heterocycles. The molecule has 0 bridgehead atoms. The van der Waals surface area contributed by atoms with Crippen molar-refractivity contribution in [2.24, 2.45) is 0 Å². The van der Waals surface area contributed by atoms with E-state index in [1.54, 1.807) is 79.5 Å². The summed E-state index contributed by atoms with van der Waals surface area (Å²) in [6, 6.07) is 21.5. The molecule has 212 valence electrons. The summed E-state index contributed by atoms with van der Waals surface area (Å²) in [5.41, 5.74) is 8.17. The lowest BCUT2D eigenvalue weighted by atomic mass is 10.00. The monoisotopic (exact) mass is 565 g/mol. The van der Waals surface area contributed by atoms with Gasteiger partial charge in [-0.3, -0.25) is 10.1 Å². The molecule has 5 N–H and O–H groups in total. The Kier molecular flexibility index (Phi) is 12.4. The van der Waals surface area contributed by atoms with E-state index in [4.69, 9.17) is 25.1 Å². The number of ether oxygens (including phenoxy) is 3. The molecular weight excluding hydrogens is 530 g/mol. The first-order chi connectivity index (χ1) is 19.4. The Bertz CT molecular complexity index is 1270. The number of amides is 2. The van der Waals surface area contributed by atoms with Crippen LogP contribution in [-0.4, -0.2) is 49.8 Å². The van der Waals surface area contributed by atoms with Crippen LogP contribution in [0.1, 0.15) is 24.5 Å². The highest BCUT2D eigenvalue weighted by Gasteiger charge is 2.27. The highest BCUT2D eigenvalue weighted by Crippen LogP contribution is 2.30. The molecular formula is C30H35N3O6S. The highest BCUT2D eigenvalue weighted by molar-refractivity contribution is 7.98. The minimum atomic E-state index is -0.778. The number of nitrogen functional groups attached to an aromatic ring is 1. The average molecular weight is 566 g/mol. The fraction of sp³-hybridized carbons (Fsp3) is 0.267. The van der Waals surface area contributed by atoms with Crippen molar-refractivity contribution in [1.82, 2.24) is 0 Å².